The number of fused-ring (bicyclic) bond motifs is 1. The normalized spacial score (nSPS) is 16.3. The Bertz CT molecular complexity index is 1310. The summed E-state index contributed by atoms with van der Waals surface area (Å²) >= 11 is 0. The van der Waals surface area contributed by atoms with E-state index in [-0.39, 0.29) is 18.7 Å². The number of hydrogen-bond donors (Lipinski definition) is 3. The number of aliphatic carboxylic acids is 1. The highest BCUT2D eigenvalue weighted by atomic mass is 19.1. The molecule has 210 valence electrons. The minimum absolute atomic E-state index is 0.00170. The van der Waals surface area contributed by atoms with Crippen LogP contribution >= 0.6 is 0 Å². The topological polar surface area (TPSA) is 94.9 Å². The number of aromatic nitrogens is 1. The van der Waals surface area contributed by atoms with Crippen LogP contribution in [0.3, 0.4) is 0 Å². The van der Waals surface area contributed by atoms with E-state index in [4.69, 9.17) is 4.74 Å². The molecule has 2 aromatic carbocycles. The van der Waals surface area contributed by atoms with Gasteiger partial charge in [0.15, 0.2) is 11.6 Å². The van der Waals surface area contributed by atoms with E-state index in [2.05, 4.69) is 15.2 Å². The number of pyridine rings is 1. The van der Waals surface area contributed by atoms with Crippen molar-refractivity contribution in [2.45, 2.75) is 45.1 Å². The summed E-state index contributed by atoms with van der Waals surface area (Å²) in [7, 11) is 1.58. The summed E-state index contributed by atoms with van der Waals surface area (Å²) in [5, 5.41) is 24.4. The zero-order valence-corrected chi connectivity index (χ0v) is 22.1. The molecule has 0 spiro atoms. The van der Waals surface area contributed by atoms with Crippen molar-refractivity contribution >= 4 is 22.6 Å². The third kappa shape index (κ3) is 6.80. The van der Waals surface area contributed by atoms with Crippen molar-refractivity contribution in [2.24, 2.45) is 5.41 Å². The van der Waals surface area contributed by atoms with Gasteiger partial charge in [-0.15, -0.1) is 0 Å². The Balaban J connectivity index is 1.39. The number of halogens is 3. The third-order valence-electron chi connectivity index (χ3n) is 7.78. The Hall–Kier alpha value is -3.37. The smallest absolute Gasteiger partial charge is 0.303 e. The molecule has 7 nitrogen and oxygen atoms in total. The van der Waals surface area contributed by atoms with Crippen molar-refractivity contribution < 1.29 is 32.9 Å². The number of aliphatic hydroxyl groups is 1. The Morgan fingerprint density at radius 3 is 2.51 bits per heavy atom. The minimum atomic E-state index is -0.985. The van der Waals surface area contributed by atoms with Gasteiger partial charge in [0.05, 0.1) is 25.2 Å². The molecule has 1 aromatic heterocycles. The number of nitrogens with one attached hydrogen (secondary N) is 1. The maximum atomic E-state index is 13.9. The summed E-state index contributed by atoms with van der Waals surface area (Å²) in [6.45, 7) is 3.88. The molecule has 0 saturated carbocycles. The molecule has 1 saturated heterocycles. The van der Waals surface area contributed by atoms with Gasteiger partial charge in [0.1, 0.15) is 17.3 Å². The number of benzene rings is 2. The molecule has 3 aromatic rings. The number of rotatable bonds is 11. The van der Waals surface area contributed by atoms with E-state index in [0.717, 1.165) is 22.0 Å². The zero-order chi connectivity index (χ0) is 28.2. The van der Waals surface area contributed by atoms with E-state index in [1.165, 1.54) is 0 Å². The molecule has 0 aliphatic carbocycles. The maximum Gasteiger partial charge on any atom is 0.303 e. The fourth-order valence-electron chi connectivity index (χ4n) is 5.59. The lowest BCUT2D eigenvalue weighted by atomic mass is 9.71. The number of carbonyl (C=O) groups is 1. The molecule has 0 bridgehead atoms. The first kappa shape index (κ1) is 28.6. The van der Waals surface area contributed by atoms with Crippen molar-refractivity contribution in [1.29, 1.82) is 0 Å². The molecule has 2 heterocycles. The molecule has 4 rings (SSSR count). The predicted molar refractivity (Wildman–Crippen MR) is 142 cm³/mol. The summed E-state index contributed by atoms with van der Waals surface area (Å²) in [5.74, 6) is -3.16. The molecule has 1 aliphatic rings. The fourth-order valence-corrected chi connectivity index (χ4v) is 5.59. The van der Waals surface area contributed by atoms with Crippen LogP contribution < -0.4 is 10.1 Å². The number of anilines is 1. The van der Waals surface area contributed by atoms with Crippen LogP contribution in [-0.4, -0.2) is 59.4 Å². The van der Waals surface area contributed by atoms with Crippen LogP contribution in [0.4, 0.5) is 18.9 Å². The monoisotopic (exact) mass is 545 g/mol. The summed E-state index contributed by atoms with van der Waals surface area (Å²) in [4.78, 5) is 18.3. The van der Waals surface area contributed by atoms with Crippen LogP contribution in [0.2, 0.25) is 0 Å². The zero-order valence-electron chi connectivity index (χ0n) is 22.1. The van der Waals surface area contributed by atoms with Gasteiger partial charge in [0.25, 0.3) is 0 Å². The average molecular weight is 546 g/mol. The quantitative estimate of drug-likeness (QED) is 0.295. The van der Waals surface area contributed by atoms with Crippen molar-refractivity contribution in [3.8, 4) is 5.75 Å². The second-order valence-electron chi connectivity index (χ2n) is 10.4. The van der Waals surface area contributed by atoms with Crippen LogP contribution in [0.5, 0.6) is 5.75 Å². The number of methoxy groups -OCH3 is 1. The Labute approximate surface area is 225 Å². The van der Waals surface area contributed by atoms with E-state index in [0.29, 0.717) is 63.2 Å². The fraction of sp³-hybridized carbons (Fsp3) is 0.448. The summed E-state index contributed by atoms with van der Waals surface area (Å²) < 4.78 is 46.2. The van der Waals surface area contributed by atoms with E-state index < -0.39 is 34.9 Å². The first-order valence-electron chi connectivity index (χ1n) is 13.0. The number of aryl methyl sites for hydroxylation is 1. The number of carboxylic acid groups (broad SMARTS) is 1. The molecule has 0 amide bonds. The highest BCUT2D eigenvalue weighted by Crippen LogP contribution is 2.42. The van der Waals surface area contributed by atoms with E-state index in [1.54, 1.807) is 13.3 Å². The number of aliphatic hydroxyl groups excluding tert-OH is 1. The average Bonchev–Trinajstić information content (AvgIpc) is 2.89. The largest absolute Gasteiger partial charge is 0.497 e. The molecular weight excluding hydrogens is 511 g/mol. The molecular formula is C29H34F3N3O4. The first-order valence-corrected chi connectivity index (χ1v) is 13.0. The third-order valence-corrected chi connectivity index (χ3v) is 7.78. The van der Waals surface area contributed by atoms with Crippen molar-refractivity contribution in [1.82, 2.24) is 9.88 Å². The van der Waals surface area contributed by atoms with Gasteiger partial charge in [0, 0.05) is 36.8 Å². The Morgan fingerprint density at radius 2 is 1.87 bits per heavy atom. The number of likely N-dealkylation sites (tertiary alicyclic amines) is 1. The highest BCUT2D eigenvalue weighted by Gasteiger charge is 2.37. The first-order chi connectivity index (χ1) is 18.6. The molecule has 39 heavy (non-hydrogen) atoms. The van der Waals surface area contributed by atoms with Gasteiger partial charge >= 0.3 is 5.97 Å². The number of piperidine rings is 1. The van der Waals surface area contributed by atoms with Crippen LogP contribution in [0, 0.1) is 29.8 Å². The Kier molecular flexibility index (Phi) is 8.97. The lowest BCUT2D eigenvalue weighted by Crippen LogP contribution is -2.43. The summed E-state index contributed by atoms with van der Waals surface area (Å²) in [5.41, 5.74) is 1.54. The number of nitrogens with zero attached hydrogens (tertiary/aromatic N) is 2. The lowest BCUT2D eigenvalue weighted by Gasteiger charge is -2.41. The standard InChI is InChI=1S/C29H34F3N3O4/c1-18-17-34-24-4-3-20(39-2)15-21(24)27(18)25(36)5-6-29(16-26(37)38)7-10-35(11-8-29)12-9-33-28-22(31)13-19(30)14-23(28)32/h3-4,13-15,17,25,33,36H,5-12,16H2,1-2H3,(H,37,38). The Morgan fingerprint density at radius 1 is 1.18 bits per heavy atom. The molecule has 0 radical (unpaired) electrons. The second kappa shape index (κ2) is 12.2. The van der Waals surface area contributed by atoms with Gasteiger partial charge in [-0.1, -0.05) is 0 Å². The molecule has 1 unspecified atom stereocenters. The molecule has 10 heteroatoms. The van der Waals surface area contributed by atoms with Crippen molar-refractivity contribution in [2.75, 3.05) is 38.6 Å². The van der Waals surface area contributed by atoms with Gasteiger partial charge < -0.3 is 25.2 Å². The molecule has 3 N–H and O–H groups in total. The van der Waals surface area contributed by atoms with E-state index in [9.17, 15) is 28.2 Å². The SMILES string of the molecule is COc1ccc2ncc(C)c(C(O)CCC3(CC(=O)O)CCN(CCNc4c(F)cc(F)cc4F)CC3)c2c1. The number of ether oxygens (including phenoxy) is 1. The minimum Gasteiger partial charge on any atom is -0.497 e. The van der Waals surface area contributed by atoms with Crippen LogP contribution in [0.1, 0.15) is 49.3 Å². The number of hydrogen-bond acceptors (Lipinski definition) is 6. The van der Waals surface area contributed by atoms with Crippen LogP contribution in [0.15, 0.2) is 36.5 Å². The highest BCUT2D eigenvalue weighted by molar-refractivity contribution is 5.84. The van der Waals surface area contributed by atoms with E-state index >= 15 is 0 Å². The molecule has 1 aliphatic heterocycles. The lowest BCUT2D eigenvalue weighted by molar-refractivity contribution is -0.141. The van der Waals surface area contributed by atoms with E-state index in [1.807, 2.05) is 25.1 Å². The van der Waals surface area contributed by atoms with Crippen LogP contribution in [0.25, 0.3) is 10.9 Å². The van der Waals surface area contributed by atoms with Gasteiger partial charge in [-0.05, 0) is 80.4 Å². The second-order valence-corrected chi connectivity index (χ2v) is 10.4. The van der Waals surface area contributed by atoms with Crippen molar-refractivity contribution in [3.05, 3.63) is 65.1 Å². The maximum absolute atomic E-state index is 13.9. The summed E-state index contributed by atoms with van der Waals surface area (Å²) in [6.07, 6.45) is 3.11. The van der Waals surface area contributed by atoms with Crippen molar-refractivity contribution in [3.63, 3.8) is 0 Å². The summed E-state index contributed by atoms with van der Waals surface area (Å²) in [6, 6.07) is 6.79. The van der Waals surface area contributed by atoms with Gasteiger partial charge in [-0.3, -0.25) is 9.78 Å². The van der Waals surface area contributed by atoms with Crippen LogP contribution in [-0.2, 0) is 4.79 Å². The predicted octanol–water partition coefficient (Wildman–Crippen LogP) is 5.45. The van der Waals surface area contributed by atoms with Gasteiger partial charge in [-0.2, -0.15) is 0 Å². The van der Waals surface area contributed by atoms with Gasteiger partial charge in [0.2, 0.25) is 0 Å². The number of carboxylic acids is 1. The molecule has 1 atom stereocenters. The van der Waals surface area contributed by atoms with Gasteiger partial charge in [-0.25, -0.2) is 13.2 Å². The molecule has 1 fully saturated rings.